The van der Waals surface area contributed by atoms with E-state index in [-0.39, 0.29) is 23.7 Å². The molecule has 0 aliphatic carbocycles. The van der Waals surface area contributed by atoms with Crippen molar-refractivity contribution in [3.05, 3.63) is 27.8 Å². The number of hydrogen-bond acceptors (Lipinski definition) is 6. The summed E-state index contributed by atoms with van der Waals surface area (Å²) in [7, 11) is 3.26. The number of nitro benzene ring substituents is 1. The number of carbonyl (C=O) groups is 1. The van der Waals surface area contributed by atoms with Crippen LogP contribution in [0.15, 0.2) is 17.0 Å². The van der Waals surface area contributed by atoms with Crippen molar-refractivity contribution in [1.29, 1.82) is 0 Å². The topological polar surface area (TPSA) is 93.5 Å². The summed E-state index contributed by atoms with van der Waals surface area (Å²) in [6, 6.07) is 2.78. The molecule has 0 aliphatic heterocycles. The largest absolute Gasteiger partial charge is 0.495 e. The normalized spacial score (nSPS) is 9.77. The highest BCUT2D eigenvalue weighted by Gasteiger charge is 2.23. The van der Waals surface area contributed by atoms with Crippen LogP contribution in [0.25, 0.3) is 0 Å². The van der Waals surface area contributed by atoms with Crippen molar-refractivity contribution >= 4 is 35.8 Å². The lowest BCUT2D eigenvalue weighted by Crippen LogP contribution is -2.27. The maximum absolute atomic E-state index is 12.1. The van der Waals surface area contributed by atoms with Gasteiger partial charge in [0, 0.05) is 6.54 Å². The molecule has 0 aromatic heterocycles. The first-order valence-electron chi connectivity index (χ1n) is 6.38. The summed E-state index contributed by atoms with van der Waals surface area (Å²) in [5.74, 6) is -0.0586. The number of rotatable bonds is 8. The van der Waals surface area contributed by atoms with Gasteiger partial charge in [0.05, 0.1) is 23.0 Å². The number of nitro groups is 1. The zero-order valence-electron chi connectivity index (χ0n) is 12.7. The van der Waals surface area contributed by atoms with E-state index >= 15 is 0 Å². The molecule has 2 N–H and O–H groups in total. The van der Waals surface area contributed by atoms with Crippen LogP contribution >= 0.6 is 24.2 Å². The second-order valence-corrected chi connectivity index (χ2v) is 5.04. The fourth-order valence-electron chi connectivity index (χ4n) is 1.76. The Morgan fingerprint density at radius 2 is 2.09 bits per heavy atom. The van der Waals surface area contributed by atoms with Crippen LogP contribution in [-0.2, 0) is 0 Å². The van der Waals surface area contributed by atoms with Crippen LogP contribution in [-0.4, -0.2) is 44.3 Å². The number of thioether (sulfide) groups is 1. The number of nitrogens with one attached hydrogen (secondary N) is 2. The minimum Gasteiger partial charge on any atom is -0.495 e. The highest BCUT2D eigenvalue weighted by atomic mass is 35.5. The van der Waals surface area contributed by atoms with Gasteiger partial charge in [-0.1, -0.05) is 0 Å². The maximum Gasteiger partial charge on any atom is 0.285 e. The Bertz CT molecular complexity index is 528. The van der Waals surface area contributed by atoms with Crippen molar-refractivity contribution in [1.82, 2.24) is 10.6 Å². The Kier molecular flexibility index (Phi) is 9.55. The monoisotopic (exact) mass is 349 g/mol. The van der Waals surface area contributed by atoms with E-state index in [4.69, 9.17) is 4.74 Å². The SMILES string of the molecule is CNCCCNC(=O)c1cc(SC)c(OC)cc1[N+](=O)[O-].Cl. The van der Waals surface area contributed by atoms with Crippen molar-refractivity contribution < 1.29 is 14.5 Å². The molecule has 0 saturated heterocycles. The Labute approximate surface area is 139 Å². The molecule has 124 valence electrons. The van der Waals surface area contributed by atoms with Crippen LogP contribution < -0.4 is 15.4 Å². The molecular formula is C13H20ClN3O4S. The van der Waals surface area contributed by atoms with Crippen molar-refractivity contribution in [3.8, 4) is 5.75 Å². The van der Waals surface area contributed by atoms with Crippen LogP contribution in [0.1, 0.15) is 16.8 Å². The predicted molar refractivity (Wildman–Crippen MR) is 89.6 cm³/mol. The number of carbonyl (C=O) groups excluding carboxylic acids is 1. The van der Waals surface area contributed by atoms with Gasteiger partial charge in [0.25, 0.3) is 11.6 Å². The van der Waals surface area contributed by atoms with Gasteiger partial charge in [-0.3, -0.25) is 14.9 Å². The second kappa shape index (κ2) is 10.3. The van der Waals surface area contributed by atoms with Gasteiger partial charge < -0.3 is 15.4 Å². The molecule has 0 aliphatic rings. The smallest absolute Gasteiger partial charge is 0.285 e. The number of amides is 1. The van der Waals surface area contributed by atoms with E-state index in [0.717, 1.165) is 13.0 Å². The van der Waals surface area contributed by atoms with Crippen molar-refractivity contribution in [2.45, 2.75) is 11.3 Å². The van der Waals surface area contributed by atoms with Crippen LogP contribution in [0.2, 0.25) is 0 Å². The van der Waals surface area contributed by atoms with E-state index in [0.29, 0.717) is 17.2 Å². The zero-order valence-corrected chi connectivity index (χ0v) is 14.3. The first-order valence-corrected chi connectivity index (χ1v) is 7.60. The molecule has 0 atom stereocenters. The molecule has 1 rings (SSSR count). The van der Waals surface area contributed by atoms with Crippen LogP contribution in [0.3, 0.4) is 0 Å². The minimum atomic E-state index is -0.574. The van der Waals surface area contributed by atoms with Gasteiger partial charge in [-0.25, -0.2) is 0 Å². The van der Waals surface area contributed by atoms with E-state index in [9.17, 15) is 14.9 Å². The van der Waals surface area contributed by atoms with E-state index < -0.39 is 10.8 Å². The van der Waals surface area contributed by atoms with Crippen LogP contribution in [0.4, 0.5) is 5.69 Å². The molecule has 0 fully saturated rings. The van der Waals surface area contributed by atoms with Crippen LogP contribution in [0.5, 0.6) is 5.75 Å². The molecule has 1 aromatic rings. The number of benzene rings is 1. The standard InChI is InChI=1S/C13H19N3O4S.ClH/c1-14-5-4-6-15-13(17)9-7-12(21-3)11(20-2)8-10(9)16(18)19;/h7-8,14H,4-6H2,1-3H3,(H,15,17);1H. The summed E-state index contributed by atoms with van der Waals surface area (Å²) in [6.07, 6.45) is 2.57. The van der Waals surface area contributed by atoms with E-state index in [1.54, 1.807) is 0 Å². The maximum atomic E-state index is 12.1. The predicted octanol–water partition coefficient (Wildman–Crippen LogP) is 2.09. The van der Waals surface area contributed by atoms with Crippen molar-refractivity contribution in [2.24, 2.45) is 0 Å². The fraction of sp³-hybridized carbons (Fsp3) is 0.462. The quantitative estimate of drug-likeness (QED) is 0.323. The molecule has 0 unspecified atom stereocenters. The Morgan fingerprint density at radius 3 is 2.59 bits per heavy atom. The highest BCUT2D eigenvalue weighted by molar-refractivity contribution is 7.98. The van der Waals surface area contributed by atoms with Gasteiger partial charge in [-0.05, 0) is 32.3 Å². The number of ether oxygens (including phenoxy) is 1. The van der Waals surface area contributed by atoms with Crippen molar-refractivity contribution in [3.63, 3.8) is 0 Å². The zero-order chi connectivity index (χ0) is 15.8. The first-order chi connectivity index (χ1) is 10.0. The lowest BCUT2D eigenvalue weighted by atomic mass is 10.1. The summed E-state index contributed by atoms with van der Waals surface area (Å²) in [5.41, 5.74) is -0.203. The van der Waals surface area contributed by atoms with E-state index in [1.165, 1.54) is 31.0 Å². The van der Waals surface area contributed by atoms with Gasteiger partial charge in [0.1, 0.15) is 11.3 Å². The third kappa shape index (κ3) is 5.36. The summed E-state index contributed by atoms with van der Waals surface area (Å²) < 4.78 is 5.11. The molecular weight excluding hydrogens is 330 g/mol. The number of halogens is 1. The Balaban J connectivity index is 0.00000441. The van der Waals surface area contributed by atoms with Gasteiger partial charge in [0.15, 0.2) is 0 Å². The molecule has 22 heavy (non-hydrogen) atoms. The number of hydrogen-bond donors (Lipinski definition) is 2. The molecule has 0 saturated carbocycles. The average molecular weight is 350 g/mol. The number of nitrogens with zero attached hydrogens (tertiary/aromatic N) is 1. The fourth-order valence-corrected chi connectivity index (χ4v) is 2.34. The highest BCUT2D eigenvalue weighted by Crippen LogP contribution is 2.34. The molecule has 0 radical (unpaired) electrons. The van der Waals surface area contributed by atoms with Gasteiger partial charge in [0.2, 0.25) is 0 Å². The molecule has 0 heterocycles. The minimum absolute atomic E-state index is 0. The Hall–Kier alpha value is -1.51. The third-order valence-electron chi connectivity index (χ3n) is 2.83. The average Bonchev–Trinajstić information content (AvgIpc) is 2.49. The molecule has 0 bridgehead atoms. The summed E-state index contributed by atoms with van der Waals surface area (Å²) in [4.78, 5) is 23.3. The lowest BCUT2D eigenvalue weighted by Gasteiger charge is -2.10. The molecule has 7 nitrogen and oxygen atoms in total. The third-order valence-corrected chi connectivity index (χ3v) is 3.59. The summed E-state index contributed by atoms with van der Waals surface area (Å²) >= 11 is 1.37. The summed E-state index contributed by atoms with van der Waals surface area (Å²) in [5, 5.41) is 16.8. The number of methoxy groups -OCH3 is 1. The second-order valence-electron chi connectivity index (χ2n) is 4.19. The van der Waals surface area contributed by atoms with Gasteiger partial charge >= 0.3 is 0 Å². The summed E-state index contributed by atoms with van der Waals surface area (Å²) in [6.45, 7) is 1.22. The molecule has 1 aromatic carbocycles. The van der Waals surface area contributed by atoms with E-state index in [2.05, 4.69) is 10.6 Å². The van der Waals surface area contributed by atoms with Gasteiger partial charge in [-0.2, -0.15) is 0 Å². The van der Waals surface area contributed by atoms with Crippen molar-refractivity contribution in [2.75, 3.05) is 33.5 Å². The van der Waals surface area contributed by atoms with Gasteiger partial charge in [-0.15, -0.1) is 24.2 Å². The molecule has 0 spiro atoms. The first kappa shape index (κ1) is 20.5. The Morgan fingerprint density at radius 1 is 1.41 bits per heavy atom. The van der Waals surface area contributed by atoms with Crippen LogP contribution in [0, 0.1) is 10.1 Å². The van der Waals surface area contributed by atoms with E-state index in [1.807, 2.05) is 13.3 Å². The molecule has 1 amide bonds. The molecule has 9 heteroatoms. The lowest BCUT2D eigenvalue weighted by molar-refractivity contribution is -0.385.